The summed E-state index contributed by atoms with van der Waals surface area (Å²) in [5.74, 6) is 0.480. The second kappa shape index (κ2) is 6.78. The van der Waals surface area contributed by atoms with E-state index >= 15 is 0 Å². The Balaban J connectivity index is 3.24. The standard InChI is InChI=1S/C14H23ClN2O2S/c1-10(2)8-17(9-11(3)4)20(18,19)14-7-12(15)5-6-13(14)16/h5-7,10-11H,8-9,16H2,1-4H3. The second-order valence-electron chi connectivity index (χ2n) is 5.79. The highest BCUT2D eigenvalue weighted by atomic mass is 35.5. The number of benzene rings is 1. The highest BCUT2D eigenvalue weighted by Gasteiger charge is 2.27. The summed E-state index contributed by atoms with van der Waals surface area (Å²) in [6.07, 6.45) is 0. The first-order valence-corrected chi connectivity index (χ1v) is 8.51. The summed E-state index contributed by atoms with van der Waals surface area (Å²) in [7, 11) is -3.62. The molecule has 0 atom stereocenters. The molecule has 0 aliphatic carbocycles. The lowest BCUT2D eigenvalue weighted by Gasteiger charge is -2.26. The van der Waals surface area contributed by atoms with Gasteiger partial charge in [0.05, 0.1) is 5.69 Å². The minimum Gasteiger partial charge on any atom is -0.398 e. The van der Waals surface area contributed by atoms with Crippen molar-refractivity contribution in [1.82, 2.24) is 4.31 Å². The van der Waals surface area contributed by atoms with Crippen LogP contribution in [0.2, 0.25) is 5.02 Å². The summed E-state index contributed by atoms with van der Waals surface area (Å²) in [4.78, 5) is 0.0892. The van der Waals surface area contributed by atoms with Crippen LogP contribution in [-0.2, 0) is 10.0 Å². The summed E-state index contributed by atoms with van der Waals surface area (Å²) in [5.41, 5.74) is 6.04. The van der Waals surface area contributed by atoms with E-state index in [4.69, 9.17) is 17.3 Å². The van der Waals surface area contributed by atoms with Crippen molar-refractivity contribution in [2.45, 2.75) is 32.6 Å². The van der Waals surface area contributed by atoms with E-state index in [9.17, 15) is 8.42 Å². The lowest BCUT2D eigenvalue weighted by molar-refractivity contribution is 0.333. The molecule has 0 spiro atoms. The predicted molar refractivity (Wildman–Crippen MR) is 84.3 cm³/mol. The van der Waals surface area contributed by atoms with Gasteiger partial charge in [0.2, 0.25) is 10.0 Å². The van der Waals surface area contributed by atoms with Crippen LogP contribution in [0.5, 0.6) is 0 Å². The Morgan fingerprint density at radius 1 is 1.15 bits per heavy atom. The Bertz CT molecular complexity index is 546. The first-order chi connectivity index (χ1) is 9.14. The molecule has 4 nitrogen and oxygen atoms in total. The van der Waals surface area contributed by atoms with Crippen LogP contribution in [0, 0.1) is 11.8 Å². The Labute approximate surface area is 127 Å². The van der Waals surface area contributed by atoms with E-state index in [0.717, 1.165) is 0 Å². The van der Waals surface area contributed by atoms with Gasteiger partial charge in [0.25, 0.3) is 0 Å². The molecule has 2 N–H and O–H groups in total. The quantitative estimate of drug-likeness (QED) is 0.819. The predicted octanol–water partition coefficient (Wildman–Crippen LogP) is 3.22. The fraction of sp³-hybridized carbons (Fsp3) is 0.571. The summed E-state index contributed by atoms with van der Waals surface area (Å²) >= 11 is 5.90. The second-order valence-corrected chi connectivity index (χ2v) is 8.13. The maximum Gasteiger partial charge on any atom is 0.245 e. The number of halogens is 1. The SMILES string of the molecule is CC(C)CN(CC(C)C)S(=O)(=O)c1cc(Cl)ccc1N. The summed E-state index contributed by atoms with van der Waals surface area (Å²) in [5, 5.41) is 0.367. The summed E-state index contributed by atoms with van der Waals surface area (Å²) in [6.45, 7) is 8.89. The molecule has 0 unspecified atom stereocenters. The zero-order valence-electron chi connectivity index (χ0n) is 12.4. The fourth-order valence-corrected chi connectivity index (χ4v) is 4.10. The normalized spacial score (nSPS) is 12.6. The highest BCUT2D eigenvalue weighted by molar-refractivity contribution is 7.89. The molecule has 0 bridgehead atoms. The number of hydrogen-bond donors (Lipinski definition) is 1. The molecule has 0 aliphatic heterocycles. The van der Waals surface area contributed by atoms with Crippen LogP contribution in [0.1, 0.15) is 27.7 Å². The van der Waals surface area contributed by atoms with Crippen LogP contribution in [0.25, 0.3) is 0 Å². The van der Waals surface area contributed by atoms with Gasteiger partial charge in [-0.1, -0.05) is 39.3 Å². The molecule has 0 saturated carbocycles. The molecular formula is C14H23ClN2O2S. The zero-order valence-corrected chi connectivity index (χ0v) is 14.0. The van der Waals surface area contributed by atoms with Gasteiger partial charge < -0.3 is 5.73 Å². The topological polar surface area (TPSA) is 63.4 Å². The van der Waals surface area contributed by atoms with E-state index < -0.39 is 10.0 Å². The van der Waals surface area contributed by atoms with Crippen molar-refractivity contribution in [2.75, 3.05) is 18.8 Å². The average Bonchev–Trinajstić information content (AvgIpc) is 2.30. The van der Waals surface area contributed by atoms with Crippen molar-refractivity contribution in [1.29, 1.82) is 0 Å². The lowest BCUT2D eigenvalue weighted by Crippen LogP contribution is -2.37. The van der Waals surface area contributed by atoms with Gasteiger partial charge in [-0.05, 0) is 30.0 Å². The minimum atomic E-state index is -3.62. The molecule has 0 amide bonds. The molecule has 0 aliphatic rings. The van der Waals surface area contributed by atoms with E-state index in [2.05, 4.69) is 0 Å². The lowest BCUT2D eigenvalue weighted by atomic mass is 10.2. The number of nitrogens with two attached hydrogens (primary N) is 1. The van der Waals surface area contributed by atoms with Crippen molar-refractivity contribution in [2.24, 2.45) is 11.8 Å². The molecule has 1 rings (SSSR count). The van der Waals surface area contributed by atoms with E-state index in [1.54, 1.807) is 6.07 Å². The highest BCUT2D eigenvalue weighted by Crippen LogP contribution is 2.26. The van der Waals surface area contributed by atoms with Crippen LogP contribution in [0.15, 0.2) is 23.1 Å². The number of nitrogen functional groups attached to an aromatic ring is 1. The first-order valence-electron chi connectivity index (χ1n) is 6.69. The van der Waals surface area contributed by atoms with Gasteiger partial charge >= 0.3 is 0 Å². The molecule has 0 saturated heterocycles. The zero-order chi connectivity index (χ0) is 15.5. The molecule has 20 heavy (non-hydrogen) atoms. The Hall–Kier alpha value is -0.780. The van der Waals surface area contributed by atoms with Crippen molar-refractivity contribution in [3.8, 4) is 0 Å². The number of rotatable bonds is 6. The molecule has 6 heteroatoms. The van der Waals surface area contributed by atoms with E-state index in [0.29, 0.717) is 18.1 Å². The first kappa shape index (κ1) is 17.3. The third-order valence-electron chi connectivity index (χ3n) is 2.73. The maximum atomic E-state index is 12.8. The Kier molecular flexibility index (Phi) is 5.86. The molecule has 1 aromatic carbocycles. The monoisotopic (exact) mass is 318 g/mol. The Morgan fingerprint density at radius 2 is 1.65 bits per heavy atom. The Morgan fingerprint density at radius 3 is 2.10 bits per heavy atom. The van der Waals surface area contributed by atoms with Crippen molar-refractivity contribution in [3.63, 3.8) is 0 Å². The largest absolute Gasteiger partial charge is 0.398 e. The molecular weight excluding hydrogens is 296 g/mol. The van der Waals surface area contributed by atoms with E-state index in [1.165, 1.54) is 16.4 Å². The smallest absolute Gasteiger partial charge is 0.245 e. The van der Waals surface area contributed by atoms with Gasteiger partial charge in [0, 0.05) is 18.1 Å². The van der Waals surface area contributed by atoms with Crippen molar-refractivity contribution in [3.05, 3.63) is 23.2 Å². The van der Waals surface area contributed by atoms with Crippen LogP contribution in [0.3, 0.4) is 0 Å². The van der Waals surface area contributed by atoms with Gasteiger partial charge in [-0.15, -0.1) is 0 Å². The maximum absolute atomic E-state index is 12.8. The van der Waals surface area contributed by atoms with Crippen LogP contribution in [0.4, 0.5) is 5.69 Å². The third kappa shape index (κ3) is 4.36. The molecule has 1 aromatic rings. The average molecular weight is 319 g/mol. The number of hydrogen-bond acceptors (Lipinski definition) is 3. The number of anilines is 1. The van der Waals surface area contributed by atoms with Crippen molar-refractivity contribution < 1.29 is 8.42 Å². The van der Waals surface area contributed by atoms with Crippen molar-refractivity contribution >= 4 is 27.3 Å². The van der Waals surface area contributed by atoms with Crippen LogP contribution in [-0.4, -0.2) is 25.8 Å². The van der Waals surface area contributed by atoms with Gasteiger partial charge in [0.1, 0.15) is 4.90 Å². The molecule has 0 radical (unpaired) electrons. The minimum absolute atomic E-state index is 0.0892. The van der Waals surface area contributed by atoms with Gasteiger partial charge in [0.15, 0.2) is 0 Å². The molecule has 0 aromatic heterocycles. The summed E-state index contributed by atoms with van der Waals surface area (Å²) < 4.78 is 27.0. The van der Waals surface area contributed by atoms with Gasteiger partial charge in [-0.25, -0.2) is 8.42 Å². The third-order valence-corrected chi connectivity index (χ3v) is 4.85. The number of nitrogens with zero attached hydrogens (tertiary/aromatic N) is 1. The van der Waals surface area contributed by atoms with Gasteiger partial charge in [-0.3, -0.25) is 0 Å². The van der Waals surface area contributed by atoms with E-state index in [-0.39, 0.29) is 22.4 Å². The summed E-state index contributed by atoms with van der Waals surface area (Å²) in [6, 6.07) is 4.53. The van der Waals surface area contributed by atoms with Gasteiger partial charge in [-0.2, -0.15) is 4.31 Å². The molecule has 0 heterocycles. The van der Waals surface area contributed by atoms with Crippen LogP contribution >= 0.6 is 11.6 Å². The molecule has 0 fully saturated rings. The fourth-order valence-electron chi connectivity index (χ4n) is 1.96. The van der Waals surface area contributed by atoms with E-state index in [1.807, 2.05) is 27.7 Å². The number of sulfonamides is 1. The molecule has 114 valence electrons. The van der Waals surface area contributed by atoms with Crippen LogP contribution < -0.4 is 5.73 Å².